The third kappa shape index (κ3) is 4.91. The first-order chi connectivity index (χ1) is 7.36. The van der Waals surface area contributed by atoms with Crippen LogP contribution in [0.25, 0.3) is 0 Å². The Morgan fingerprint density at radius 3 is 2.53 bits per heavy atom. The summed E-state index contributed by atoms with van der Waals surface area (Å²) in [5.74, 6) is 0. The van der Waals surface area contributed by atoms with Crippen molar-refractivity contribution in [2.75, 3.05) is 13.2 Å². The van der Waals surface area contributed by atoms with Crippen molar-refractivity contribution in [2.45, 2.75) is 45.4 Å². The SMILES string of the molecule is C=CN1C=CN(CCCCCCCC)C1. The Bertz CT molecular complexity index is 199. The minimum absolute atomic E-state index is 0.985. The minimum atomic E-state index is 0.985. The van der Waals surface area contributed by atoms with Gasteiger partial charge in [-0.15, -0.1) is 0 Å². The predicted molar refractivity (Wildman–Crippen MR) is 66.1 cm³/mol. The van der Waals surface area contributed by atoms with Gasteiger partial charge in [0, 0.05) is 18.9 Å². The molecule has 2 heteroatoms. The minimum Gasteiger partial charge on any atom is -0.358 e. The van der Waals surface area contributed by atoms with Crippen LogP contribution in [0.4, 0.5) is 0 Å². The Kier molecular flexibility index (Phi) is 5.98. The van der Waals surface area contributed by atoms with Gasteiger partial charge in [0.05, 0.1) is 6.67 Å². The van der Waals surface area contributed by atoms with Crippen molar-refractivity contribution in [3.05, 3.63) is 25.2 Å². The predicted octanol–water partition coefficient (Wildman–Crippen LogP) is 3.54. The van der Waals surface area contributed by atoms with E-state index in [1.165, 1.54) is 45.1 Å². The Hall–Kier alpha value is -0.920. The molecule has 0 aliphatic carbocycles. The summed E-state index contributed by atoms with van der Waals surface area (Å²) in [4.78, 5) is 4.46. The van der Waals surface area contributed by atoms with E-state index in [1.807, 2.05) is 6.20 Å². The maximum atomic E-state index is 3.76. The Morgan fingerprint density at radius 1 is 1.13 bits per heavy atom. The molecule has 0 atom stereocenters. The molecule has 86 valence electrons. The highest BCUT2D eigenvalue weighted by atomic mass is 15.3. The molecule has 0 aromatic rings. The summed E-state index contributed by atoms with van der Waals surface area (Å²) in [5.41, 5.74) is 0. The van der Waals surface area contributed by atoms with E-state index in [2.05, 4.69) is 35.7 Å². The van der Waals surface area contributed by atoms with Crippen molar-refractivity contribution in [3.8, 4) is 0 Å². The standard InChI is InChI=1S/C13H24N2/c1-3-5-6-7-8-9-10-15-12-11-14(4-2)13-15/h4,11-12H,2-3,5-10,13H2,1H3. The van der Waals surface area contributed by atoms with E-state index in [0.29, 0.717) is 0 Å². The lowest BCUT2D eigenvalue weighted by molar-refractivity contribution is 0.307. The van der Waals surface area contributed by atoms with Gasteiger partial charge in [-0.1, -0.05) is 45.6 Å². The highest BCUT2D eigenvalue weighted by Crippen LogP contribution is 2.10. The normalized spacial score (nSPS) is 15.0. The molecule has 1 heterocycles. The van der Waals surface area contributed by atoms with Gasteiger partial charge in [0.2, 0.25) is 0 Å². The van der Waals surface area contributed by atoms with E-state index in [0.717, 1.165) is 6.67 Å². The lowest BCUT2D eigenvalue weighted by atomic mass is 10.1. The molecule has 15 heavy (non-hydrogen) atoms. The van der Waals surface area contributed by atoms with Crippen LogP contribution >= 0.6 is 0 Å². The second kappa shape index (κ2) is 7.38. The molecule has 0 spiro atoms. The second-order valence-corrected chi connectivity index (χ2v) is 4.22. The summed E-state index contributed by atoms with van der Waals surface area (Å²) in [6, 6.07) is 0. The fourth-order valence-corrected chi connectivity index (χ4v) is 1.84. The first-order valence-corrected chi connectivity index (χ1v) is 6.17. The van der Waals surface area contributed by atoms with Crippen molar-refractivity contribution in [3.63, 3.8) is 0 Å². The van der Waals surface area contributed by atoms with Crippen molar-refractivity contribution < 1.29 is 0 Å². The molecule has 0 saturated heterocycles. The molecule has 0 saturated carbocycles. The topological polar surface area (TPSA) is 6.48 Å². The van der Waals surface area contributed by atoms with Crippen molar-refractivity contribution in [2.24, 2.45) is 0 Å². The van der Waals surface area contributed by atoms with Crippen LogP contribution in [0, 0.1) is 0 Å². The number of hydrogen-bond donors (Lipinski definition) is 0. The van der Waals surface area contributed by atoms with E-state index >= 15 is 0 Å². The quantitative estimate of drug-likeness (QED) is 0.563. The third-order valence-corrected chi connectivity index (χ3v) is 2.85. The lowest BCUT2D eigenvalue weighted by Crippen LogP contribution is -2.22. The molecule has 0 N–H and O–H groups in total. The van der Waals surface area contributed by atoms with Crippen LogP contribution in [-0.2, 0) is 0 Å². The number of nitrogens with zero attached hydrogens (tertiary/aromatic N) is 2. The molecule has 1 aliphatic heterocycles. The van der Waals surface area contributed by atoms with Gasteiger partial charge in [-0.2, -0.15) is 0 Å². The average molecular weight is 208 g/mol. The molecule has 1 aliphatic rings. The van der Waals surface area contributed by atoms with Crippen LogP contribution in [0.3, 0.4) is 0 Å². The van der Waals surface area contributed by atoms with Crippen LogP contribution in [0.15, 0.2) is 25.2 Å². The van der Waals surface area contributed by atoms with Gasteiger partial charge in [-0.3, -0.25) is 0 Å². The van der Waals surface area contributed by atoms with Crippen LogP contribution in [0.5, 0.6) is 0 Å². The Labute approximate surface area is 94.3 Å². The summed E-state index contributed by atoms with van der Waals surface area (Å²) in [5, 5.41) is 0. The highest BCUT2D eigenvalue weighted by Gasteiger charge is 2.07. The largest absolute Gasteiger partial charge is 0.358 e. The molecular weight excluding hydrogens is 184 g/mol. The molecule has 0 unspecified atom stereocenters. The van der Waals surface area contributed by atoms with Crippen molar-refractivity contribution >= 4 is 0 Å². The van der Waals surface area contributed by atoms with E-state index < -0.39 is 0 Å². The zero-order valence-corrected chi connectivity index (χ0v) is 9.99. The summed E-state index contributed by atoms with van der Waals surface area (Å²) in [7, 11) is 0. The number of hydrogen-bond acceptors (Lipinski definition) is 2. The zero-order valence-electron chi connectivity index (χ0n) is 9.99. The van der Waals surface area contributed by atoms with Crippen LogP contribution in [0.1, 0.15) is 45.4 Å². The van der Waals surface area contributed by atoms with Crippen molar-refractivity contribution in [1.29, 1.82) is 0 Å². The summed E-state index contributed by atoms with van der Waals surface area (Å²) >= 11 is 0. The van der Waals surface area contributed by atoms with Gasteiger partial charge >= 0.3 is 0 Å². The molecule has 0 aromatic heterocycles. The fraction of sp³-hybridized carbons (Fsp3) is 0.692. The highest BCUT2D eigenvalue weighted by molar-refractivity contribution is 4.94. The smallest absolute Gasteiger partial charge is 0.0935 e. The summed E-state index contributed by atoms with van der Waals surface area (Å²) in [6.45, 7) is 8.19. The van der Waals surface area contributed by atoms with Crippen LogP contribution in [0.2, 0.25) is 0 Å². The molecule has 0 fully saturated rings. The van der Waals surface area contributed by atoms with Crippen molar-refractivity contribution in [1.82, 2.24) is 9.80 Å². The maximum absolute atomic E-state index is 3.76. The molecule has 0 bridgehead atoms. The summed E-state index contributed by atoms with van der Waals surface area (Å²) in [6.07, 6.45) is 14.4. The monoisotopic (exact) mass is 208 g/mol. The van der Waals surface area contributed by atoms with Crippen LogP contribution in [-0.4, -0.2) is 23.0 Å². The molecule has 0 amide bonds. The first kappa shape index (κ1) is 12.2. The van der Waals surface area contributed by atoms with Gasteiger partial charge in [0.15, 0.2) is 0 Å². The van der Waals surface area contributed by atoms with E-state index in [4.69, 9.17) is 0 Å². The molecule has 1 rings (SSSR count). The van der Waals surface area contributed by atoms with Crippen LogP contribution < -0.4 is 0 Å². The van der Waals surface area contributed by atoms with Gasteiger partial charge in [0.1, 0.15) is 0 Å². The lowest BCUT2D eigenvalue weighted by Gasteiger charge is -2.18. The van der Waals surface area contributed by atoms with E-state index in [-0.39, 0.29) is 0 Å². The van der Waals surface area contributed by atoms with E-state index in [9.17, 15) is 0 Å². The molecule has 0 radical (unpaired) electrons. The van der Waals surface area contributed by atoms with E-state index in [1.54, 1.807) is 0 Å². The molecule has 0 aromatic carbocycles. The Balaban J connectivity index is 1.93. The third-order valence-electron chi connectivity index (χ3n) is 2.85. The van der Waals surface area contributed by atoms with Gasteiger partial charge in [-0.25, -0.2) is 0 Å². The first-order valence-electron chi connectivity index (χ1n) is 6.17. The zero-order chi connectivity index (χ0) is 10.9. The van der Waals surface area contributed by atoms with Gasteiger partial charge in [-0.05, 0) is 12.6 Å². The maximum Gasteiger partial charge on any atom is 0.0935 e. The Morgan fingerprint density at radius 2 is 1.87 bits per heavy atom. The van der Waals surface area contributed by atoms with Gasteiger partial charge in [0.25, 0.3) is 0 Å². The molecular formula is C13H24N2. The molecule has 2 nitrogen and oxygen atoms in total. The number of rotatable bonds is 8. The van der Waals surface area contributed by atoms with Gasteiger partial charge < -0.3 is 9.80 Å². The summed E-state index contributed by atoms with van der Waals surface area (Å²) < 4.78 is 0. The number of unbranched alkanes of at least 4 members (excludes halogenated alkanes) is 5. The second-order valence-electron chi connectivity index (χ2n) is 4.22. The average Bonchev–Trinajstić information content (AvgIpc) is 2.71. The fourth-order valence-electron chi connectivity index (χ4n) is 1.84.